The molecule has 0 saturated carbocycles. The fraction of sp³-hybridized carbons (Fsp3) is 0.0870. The van der Waals surface area contributed by atoms with Gasteiger partial charge in [0.15, 0.2) is 0 Å². The number of rotatable bonds is 3. The quantitative estimate of drug-likeness (QED) is 0.316. The number of ether oxygens (including phenoxy) is 1. The standard InChI is InChI=1S/C23H15ClF3N3O3/c1-33-22(32)13-10-9-12(11-17(13)28)20-14-5-2-3-8-18(14)30(29-20)21(31)19-15(23(25,26)27)6-4-7-16(19)24/h2-11H,28H2,1H3. The number of benzene rings is 3. The molecular formula is C23H15ClF3N3O3. The Balaban J connectivity index is 1.91. The van der Waals surface area contributed by atoms with Crippen molar-refractivity contribution in [3.8, 4) is 11.3 Å². The molecule has 0 saturated heterocycles. The number of para-hydroxylation sites is 1. The first-order chi connectivity index (χ1) is 15.6. The fourth-order valence-electron chi connectivity index (χ4n) is 3.52. The van der Waals surface area contributed by atoms with Crippen LogP contribution in [-0.2, 0) is 10.9 Å². The largest absolute Gasteiger partial charge is 0.465 e. The van der Waals surface area contributed by atoms with Gasteiger partial charge in [0.1, 0.15) is 5.69 Å². The van der Waals surface area contributed by atoms with E-state index < -0.39 is 29.2 Å². The minimum Gasteiger partial charge on any atom is -0.465 e. The number of anilines is 1. The fourth-order valence-corrected chi connectivity index (χ4v) is 3.78. The van der Waals surface area contributed by atoms with Crippen molar-refractivity contribution in [3.63, 3.8) is 0 Å². The molecule has 0 aliphatic heterocycles. The van der Waals surface area contributed by atoms with Crippen molar-refractivity contribution in [2.75, 3.05) is 12.8 Å². The Morgan fingerprint density at radius 3 is 2.45 bits per heavy atom. The second-order valence-corrected chi connectivity index (χ2v) is 7.44. The molecule has 33 heavy (non-hydrogen) atoms. The molecule has 0 fully saturated rings. The highest BCUT2D eigenvalue weighted by atomic mass is 35.5. The van der Waals surface area contributed by atoms with E-state index in [1.807, 2.05) is 0 Å². The van der Waals surface area contributed by atoms with Gasteiger partial charge in [0.25, 0.3) is 5.91 Å². The van der Waals surface area contributed by atoms with Gasteiger partial charge in [0.05, 0.1) is 34.3 Å². The maximum atomic E-state index is 13.6. The van der Waals surface area contributed by atoms with Gasteiger partial charge < -0.3 is 10.5 Å². The summed E-state index contributed by atoms with van der Waals surface area (Å²) in [4.78, 5) is 25.1. The van der Waals surface area contributed by atoms with Gasteiger partial charge in [0.2, 0.25) is 0 Å². The maximum Gasteiger partial charge on any atom is 0.417 e. The number of alkyl halides is 3. The summed E-state index contributed by atoms with van der Waals surface area (Å²) in [5.74, 6) is -1.66. The van der Waals surface area contributed by atoms with Crippen molar-refractivity contribution in [2.24, 2.45) is 0 Å². The van der Waals surface area contributed by atoms with E-state index in [9.17, 15) is 22.8 Å². The molecule has 4 aromatic rings. The molecule has 0 aliphatic rings. The van der Waals surface area contributed by atoms with Crippen LogP contribution in [0, 0.1) is 0 Å². The summed E-state index contributed by atoms with van der Waals surface area (Å²) in [6.07, 6.45) is -4.79. The first-order valence-corrected chi connectivity index (χ1v) is 9.87. The summed E-state index contributed by atoms with van der Waals surface area (Å²) >= 11 is 6.01. The van der Waals surface area contributed by atoms with Gasteiger partial charge in [-0.25, -0.2) is 4.79 Å². The first kappa shape index (κ1) is 22.3. The summed E-state index contributed by atoms with van der Waals surface area (Å²) in [5.41, 5.74) is 5.41. The number of fused-ring (bicyclic) bond motifs is 1. The average Bonchev–Trinajstić information content (AvgIpc) is 3.17. The topological polar surface area (TPSA) is 87.2 Å². The minimum absolute atomic E-state index is 0.120. The Hall–Kier alpha value is -3.85. The van der Waals surface area contributed by atoms with Crippen LogP contribution in [0.5, 0.6) is 0 Å². The zero-order valence-corrected chi connectivity index (χ0v) is 17.7. The number of carbonyl (C=O) groups excluding carboxylic acids is 2. The number of nitrogen functional groups attached to an aromatic ring is 1. The van der Waals surface area contributed by atoms with E-state index >= 15 is 0 Å². The second kappa shape index (κ2) is 8.25. The third kappa shape index (κ3) is 3.91. The van der Waals surface area contributed by atoms with E-state index in [1.54, 1.807) is 30.3 Å². The van der Waals surface area contributed by atoms with Crippen LogP contribution >= 0.6 is 11.6 Å². The van der Waals surface area contributed by atoms with Crippen molar-refractivity contribution < 1.29 is 27.5 Å². The Morgan fingerprint density at radius 1 is 1.06 bits per heavy atom. The number of nitrogens with two attached hydrogens (primary N) is 1. The molecule has 168 valence electrons. The molecule has 1 aromatic heterocycles. The Morgan fingerprint density at radius 2 is 1.79 bits per heavy atom. The number of esters is 1. The average molecular weight is 474 g/mol. The minimum atomic E-state index is -4.79. The molecule has 0 aliphatic carbocycles. The van der Waals surface area contributed by atoms with Crippen LogP contribution in [-0.4, -0.2) is 28.8 Å². The van der Waals surface area contributed by atoms with E-state index in [4.69, 9.17) is 17.3 Å². The maximum absolute atomic E-state index is 13.6. The van der Waals surface area contributed by atoms with Crippen molar-refractivity contribution in [3.05, 3.63) is 82.4 Å². The molecule has 1 heterocycles. The molecule has 0 radical (unpaired) electrons. The number of hydrogen-bond donors (Lipinski definition) is 1. The molecule has 2 N–H and O–H groups in total. The SMILES string of the molecule is COC(=O)c1ccc(-c2nn(C(=O)c3c(Cl)cccc3C(F)(F)F)c3ccccc23)cc1N. The van der Waals surface area contributed by atoms with Gasteiger partial charge in [-0.1, -0.05) is 41.9 Å². The van der Waals surface area contributed by atoms with Crippen LogP contribution in [0.4, 0.5) is 18.9 Å². The molecule has 6 nitrogen and oxygen atoms in total. The van der Waals surface area contributed by atoms with Gasteiger partial charge in [-0.3, -0.25) is 4.79 Å². The number of halogens is 4. The number of nitrogens with zero attached hydrogens (tertiary/aromatic N) is 2. The van der Waals surface area contributed by atoms with Gasteiger partial charge >= 0.3 is 12.1 Å². The molecule has 0 spiro atoms. The third-order valence-electron chi connectivity index (χ3n) is 5.04. The number of hydrogen-bond acceptors (Lipinski definition) is 5. The lowest BCUT2D eigenvalue weighted by Crippen LogP contribution is -2.20. The van der Waals surface area contributed by atoms with Crippen molar-refractivity contribution >= 4 is 40.1 Å². The lowest BCUT2D eigenvalue weighted by atomic mass is 10.0. The van der Waals surface area contributed by atoms with Crippen molar-refractivity contribution in [2.45, 2.75) is 6.18 Å². The Bertz CT molecular complexity index is 1410. The smallest absolute Gasteiger partial charge is 0.417 e. The van der Waals surface area contributed by atoms with Gasteiger partial charge in [-0.05, 0) is 30.3 Å². The van der Waals surface area contributed by atoms with Crippen LogP contribution in [0.3, 0.4) is 0 Å². The van der Waals surface area contributed by atoms with Gasteiger partial charge in [-0.15, -0.1) is 0 Å². The zero-order valence-electron chi connectivity index (χ0n) is 17.0. The van der Waals surface area contributed by atoms with Crippen LogP contribution in [0.1, 0.15) is 26.3 Å². The van der Waals surface area contributed by atoms with Crippen LogP contribution in [0.15, 0.2) is 60.7 Å². The normalized spacial score (nSPS) is 11.5. The molecule has 0 bridgehead atoms. The third-order valence-corrected chi connectivity index (χ3v) is 5.36. The number of aromatic nitrogens is 2. The van der Waals surface area contributed by atoms with Crippen molar-refractivity contribution in [1.29, 1.82) is 0 Å². The lowest BCUT2D eigenvalue weighted by molar-refractivity contribution is -0.137. The van der Waals surface area contributed by atoms with Gasteiger partial charge in [-0.2, -0.15) is 23.0 Å². The molecule has 3 aromatic carbocycles. The zero-order chi connectivity index (χ0) is 23.9. The monoisotopic (exact) mass is 473 g/mol. The van der Waals surface area contributed by atoms with E-state index in [0.717, 1.165) is 16.8 Å². The number of methoxy groups -OCH3 is 1. The summed E-state index contributed by atoms with van der Waals surface area (Å²) in [7, 11) is 1.22. The highest BCUT2D eigenvalue weighted by molar-refractivity contribution is 6.34. The summed E-state index contributed by atoms with van der Waals surface area (Å²) < 4.78 is 46.3. The summed E-state index contributed by atoms with van der Waals surface area (Å²) in [6, 6.07) is 14.2. The number of carbonyl (C=O) groups is 2. The first-order valence-electron chi connectivity index (χ1n) is 9.50. The molecule has 0 atom stereocenters. The van der Waals surface area contributed by atoms with Crippen LogP contribution < -0.4 is 5.73 Å². The van der Waals surface area contributed by atoms with Crippen molar-refractivity contribution in [1.82, 2.24) is 9.78 Å². The Kier molecular flexibility index (Phi) is 5.59. The lowest BCUT2D eigenvalue weighted by Gasteiger charge is -2.13. The van der Waals surface area contributed by atoms with E-state index in [-0.39, 0.29) is 21.8 Å². The van der Waals surface area contributed by atoms with E-state index in [2.05, 4.69) is 9.84 Å². The molecule has 4 rings (SSSR count). The van der Waals surface area contributed by atoms with E-state index in [1.165, 1.54) is 25.3 Å². The predicted molar refractivity (Wildman–Crippen MR) is 117 cm³/mol. The van der Waals surface area contributed by atoms with Gasteiger partial charge in [0, 0.05) is 16.6 Å². The predicted octanol–water partition coefficient (Wildman–Crippen LogP) is 5.43. The summed E-state index contributed by atoms with van der Waals surface area (Å²) in [6.45, 7) is 0. The highest BCUT2D eigenvalue weighted by Gasteiger charge is 2.37. The molecular weight excluding hydrogens is 459 g/mol. The van der Waals surface area contributed by atoms with Crippen LogP contribution in [0.25, 0.3) is 22.2 Å². The molecule has 0 amide bonds. The molecule has 10 heteroatoms. The Labute approximate surface area is 190 Å². The highest BCUT2D eigenvalue weighted by Crippen LogP contribution is 2.37. The summed E-state index contributed by atoms with van der Waals surface area (Å²) in [5, 5.41) is 4.46. The molecule has 0 unspecified atom stereocenters. The van der Waals surface area contributed by atoms with E-state index in [0.29, 0.717) is 16.6 Å². The second-order valence-electron chi connectivity index (χ2n) is 7.04. The van der Waals surface area contributed by atoms with Crippen LogP contribution in [0.2, 0.25) is 5.02 Å².